The largest absolute Gasteiger partial charge is 0.542 e. The molecular formula is C15H14N2O4. The maximum Gasteiger partial charge on any atom is 0.542 e. The molecule has 2 rings (SSSR count). The molecular weight excluding hydrogens is 272 g/mol. The number of para-hydroxylation sites is 2. The van der Waals surface area contributed by atoms with Gasteiger partial charge in [0.05, 0.1) is 6.54 Å². The Bertz CT molecular complexity index is 641. The van der Waals surface area contributed by atoms with Crippen molar-refractivity contribution >= 4 is 6.16 Å². The molecule has 108 valence electrons. The first-order chi connectivity index (χ1) is 10.2. The van der Waals surface area contributed by atoms with Crippen molar-refractivity contribution in [1.29, 1.82) is 0 Å². The van der Waals surface area contributed by atoms with Crippen LogP contribution in [-0.2, 0) is 11.4 Å². The maximum absolute atomic E-state index is 11.3. The lowest BCUT2D eigenvalue weighted by Crippen LogP contribution is -2.06. The summed E-state index contributed by atoms with van der Waals surface area (Å²) in [6.07, 6.45) is -0.974. The third-order valence-electron chi connectivity index (χ3n) is 2.68. The molecule has 0 fully saturated rings. The van der Waals surface area contributed by atoms with E-state index < -0.39 is 6.16 Å². The third-order valence-corrected chi connectivity index (χ3v) is 2.68. The summed E-state index contributed by atoms with van der Waals surface area (Å²) in [5, 5.41) is 16.7. The number of hydrogen-bond donors (Lipinski definition) is 1. The number of phenolic OH excluding ortho intramolecular Hbond substituents is 1. The molecule has 0 saturated heterocycles. The first kappa shape index (κ1) is 14.5. The van der Waals surface area contributed by atoms with Crippen LogP contribution in [0.1, 0.15) is 11.1 Å². The van der Waals surface area contributed by atoms with Crippen molar-refractivity contribution in [2.45, 2.75) is 13.5 Å². The first-order valence-electron chi connectivity index (χ1n) is 6.25. The lowest BCUT2D eigenvalue weighted by molar-refractivity contribution is 0.0932. The molecule has 0 saturated carbocycles. The maximum atomic E-state index is 11.3. The fraction of sp³-hybridized carbons (Fsp3) is 0.133. The Morgan fingerprint density at radius 3 is 2.67 bits per heavy atom. The van der Waals surface area contributed by atoms with Crippen LogP contribution < -0.4 is 4.74 Å². The summed E-state index contributed by atoms with van der Waals surface area (Å²) in [5.41, 5.74) is 1.34. The Morgan fingerprint density at radius 2 is 1.90 bits per heavy atom. The Morgan fingerprint density at radius 1 is 1.14 bits per heavy atom. The molecule has 21 heavy (non-hydrogen) atoms. The van der Waals surface area contributed by atoms with Crippen molar-refractivity contribution in [3.05, 3.63) is 59.7 Å². The summed E-state index contributed by atoms with van der Waals surface area (Å²) in [5.74, 6) is 0.511. The highest BCUT2D eigenvalue weighted by Crippen LogP contribution is 2.22. The van der Waals surface area contributed by atoms with Gasteiger partial charge in [-0.25, -0.2) is 4.79 Å². The zero-order chi connectivity index (χ0) is 15.1. The quantitative estimate of drug-likeness (QED) is 0.401. The minimum atomic E-state index is -0.974. The van der Waals surface area contributed by atoms with Gasteiger partial charge in [-0.1, -0.05) is 36.4 Å². The second-order valence-electron chi connectivity index (χ2n) is 4.22. The van der Waals surface area contributed by atoms with E-state index in [1.54, 1.807) is 55.5 Å². The molecule has 6 nitrogen and oxygen atoms in total. The van der Waals surface area contributed by atoms with Crippen LogP contribution in [0.25, 0.3) is 0 Å². The molecule has 0 radical (unpaired) electrons. The number of carbonyl (C=O) groups is 1. The molecule has 0 heterocycles. The molecule has 0 aliphatic heterocycles. The van der Waals surface area contributed by atoms with Crippen LogP contribution >= 0.6 is 0 Å². The zero-order valence-corrected chi connectivity index (χ0v) is 11.4. The van der Waals surface area contributed by atoms with Gasteiger partial charge in [0.2, 0.25) is 0 Å². The van der Waals surface area contributed by atoms with Crippen molar-refractivity contribution in [3.8, 4) is 11.5 Å². The second kappa shape index (κ2) is 7.04. The van der Waals surface area contributed by atoms with Gasteiger partial charge in [-0.05, 0) is 24.6 Å². The average Bonchev–Trinajstić information content (AvgIpc) is 2.49. The van der Waals surface area contributed by atoms with E-state index in [1.807, 2.05) is 0 Å². The van der Waals surface area contributed by atoms with Gasteiger partial charge in [-0.2, -0.15) is 0 Å². The highest BCUT2D eigenvalue weighted by atomic mass is 16.8. The summed E-state index contributed by atoms with van der Waals surface area (Å²) in [6, 6.07) is 13.8. The standard InChI is InChI=1S/C15H14N2O4/c1-11-6-5-7-12(14(11)18)10-16-17-21-15(19)20-13-8-3-2-4-9-13/h2-9,18H,10H2,1H3. The van der Waals surface area contributed by atoms with Crippen LogP contribution in [0, 0.1) is 6.92 Å². The number of ether oxygens (including phenoxy) is 1. The van der Waals surface area contributed by atoms with E-state index in [2.05, 4.69) is 15.2 Å². The van der Waals surface area contributed by atoms with E-state index in [1.165, 1.54) is 0 Å². The van der Waals surface area contributed by atoms with Gasteiger partial charge in [0.25, 0.3) is 0 Å². The van der Waals surface area contributed by atoms with Gasteiger partial charge in [-0.15, -0.1) is 5.11 Å². The molecule has 0 bridgehead atoms. The van der Waals surface area contributed by atoms with E-state index in [-0.39, 0.29) is 12.3 Å². The number of carbonyl (C=O) groups excluding carboxylic acids is 1. The van der Waals surface area contributed by atoms with Crippen LogP contribution in [0.4, 0.5) is 4.79 Å². The fourth-order valence-electron chi connectivity index (χ4n) is 1.62. The van der Waals surface area contributed by atoms with Gasteiger partial charge in [-0.3, -0.25) is 4.84 Å². The second-order valence-corrected chi connectivity index (χ2v) is 4.22. The van der Waals surface area contributed by atoms with Crippen LogP contribution in [-0.4, -0.2) is 11.3 Å². The van der Waals surface area contributed by atoms with Gasteiger partial charge < -0.3 is 9.84 Å². The fourth-order valence-corrected chi connectivity index (χ4v) is 1.62. The average molecular weight is 286 g/mol. The first-order valence-corrected chi connectivity index (χ1v) is 6.25. The SMILES string of the molecule is Cc1cccc(CN=NOC(=O)Oc2ccccc2)c1O. The molecule has 6 heteroatoms. The van der Waals surface area contributed by atoms with E-state index >= 15 is 0 Å². The molecule has 0 aliphatic rings. The topological polar surface area (TPSA) is 80.5 Å². The molecule has 2 aromatic carbocycles. The molecule has 0 unspecified atom stereocenters. The molecule has 1 N–H and O–H groups in total. The number of hydrogen-bond acceptors (Lipinski definition) is 6. The normalized spacial score (nSPS) is 10.5. The predicted molar refractivity (Wildman–Crippen MR) is 75.0 cm³/mol. The van der Waals surface area contributed by atoms with E-state index in [0.29, 0.717) is 11.3 Å². The van der Waals surface area contributed by atoms with Crippen molar-refractivity contribution in [2.24, 2.45) is 10.4 Å². The molecule has 0 aromatic heterocycles. The van der Waals surface area contributed by atoms with Crippen LogP contribution in [0.2, 0.25) is 0 Å². The van der Waals surface area contributed by atoms with E-state index in [4.69, 9.17) is 4.74 Å². The molecule has 2 aromatic rings. The monoisotopic (exact) mass is 286 g/mol. The van der Waals surface area contributed by atoms with Gasteiger partial charge in [0.15, 0.2) is 0 Å². The Hall–Kier alpha value is -2.89. The van der Waals surface area contributed by atoms with Gasteiger partial charge >= 0.3 is 6.16 Å². The molecule has 0 atom stereocenters. The van der Waals surface area contributed by atoms with Crippen LogP contribution in [0.3, 0.4) is 0 Å². The third kappa shape index (κ3) is 4.31. The summed E-state index contributed by atoms with van der Waals surface area (Å²) in [4.78, 5) is 15.8. The molecule has 0 spiro atoms. The summed E-state index contributed by atoms with van der Waals surface area (Å²) < 4.78 is 4.85. The molecule has 0 amide bonds. The number of nitrogens with zero attached hydrogens (tertiary/aromatic N) is 2. The number of benzene rings is 2. The minimum Gasteiger partial charge on any atom is -0.507 e. The number of aromatic hydroxyl groups is 1. The number of rotatable bonds is 4. The van der Waals surface area contributed by atoms with E-state index in [9.17, 15) is 9.90 Å². The number of aryl methyl sites for hydroxylation is 1. The highest BCUT2D eigenvalue weighted by molar-refractivity contribution is 5.63. The summed E-state index contributed by atoms with van der Waals surface area (Å²) in [6.45, 7) is 1.88. The smallest absolute Gasteiger partial charge is 0.507 e. The van der Waals surface area contributed by atoms with Crippen LogP contribution in [0.15, 0.2) is 58.9 Å². The highest BCUT2D eigenvalue weighted by Gasteiger charge is 2.06. The zero-order valence-electron chi connectivity index (χ0n) is 11.4. The Labute approximate surface area is 121 Å². The van der Waals surface area contributed by atoms with E-state index in [0.717, 1.165) is 5.56 Å². The lowest BCUT2D eigenvalue weighted by Gasteiger charge is -2.03. The van der Waals surface area contributed by atoms with Crippen molar-refractivity contribution in [1.82, 2.24) is 0 Å². The lowest BCUT2D eigenvalue weighted by atomic mass is 10.1. The van der Waals surface area contributed by atoms with Gasteiger partial charge in [0, 0.05) is 10.8 Å². The Balaban J connectivity index is 1.83. The minimum absolute atomic E-state index is 0.103. The van der Waals surface area contributed by atoms with Crippen molar-refractivity contribution in [2.75, 3.05) is 0 Å². The van der Waals surface area contributed by atoms with Gasteiger partial charge in [0.1, 0.15) is 11.5 Å². The molecule has 0 aliphatic carbocycles. The Kier molecular flexibility index (Phi) is 4.87. The predicted octanol–water partition coefficient (Wildman–Crippen LogP) is 3.78. The van der Waals surface area contributed by atoms with Crippen molar-refractivity contribution in [3.63, 3.8) is 0 Å². The van der Waals surface area contributed by atoms with Crippen LogP contribution in [0.5, 0.6) is 11.5 Å². The number of phenols is 1. The summed E-state index contributed by atoms with van der Waals surface area (Å²) >= 11 is 0. The van der Waals surface area contributed by atoms with Crippen molar-refractivity contribution < 1.29 is 19.5 Å². The summed E-state index contributed by atoms with van der Waals surface area (Å²) in [7, 11) is 0.